The van der Waals surface area contributed by atoms with Crippen molar-refractivity contribution in [3.63, 3.8) is 0 Å². The molecular formula is C19H27N2+. The molecule has 0 unspecified atom stereocenters. The van der Waals surface area contributed by atoms with Crippen LogP contribution in [-0.2, 0) is 6.54 Å². The highest BCUT2D eigenvalue weighted by molar-refractivity contribution is 5.68. The van der Waals surface area contributed by atoms with Crippen LogP contribution in [0.5, 0.6) is 0 Å². The Balaban J connectivity index is 1.77. The third-order valence-corrected chi connectivity index (χ3v) is 4.80. The maximum absolute atomic E-state index is 2.60. The summed E-state index contributed by atoms with van der Waals surface area (Å²) in [6, 6.07) is 10.8. The molecule has 1 aromatic carbocycles. The summed E-state index contributed by atoms with van der Waals surface area (Å²) >= 11 is 0. The lowest BCUT2D eigenvalue weighted by molar-refractivity contribution is -0.612. The zero-order valence-corrected chi connectivity index (χ0v) is 13.4. The van der Waals surface area contributed by atoms with Crippen molar-refractivity contribution in [2.24, 2.45) is 0 Å². The quantitative estimate of drug-likeness (QED) is 0.764. The fourth-order valence-corrected chi connectivity index (χ4v) is 3.43. The molecule has 3 rings (SSSR count). The Morgan fingerprint density at radius 2 is 1.76 bits per heavy atom. The van der Waals surface area contributed by atoms with Gasteiger partial charge in [-0.05, 0) is 19.3 Å². The summed E-state index contributed by atoms with van der Waals surface area (Å²) in [4.78, 5) is 2.60. The van der Waals surface area contributed by atoms with Crippen LogP contribution < -0.4 is 0 Å². The van der Waals surface area contributed by atoms with Crippen LogP contribution in [0.1, 0.15) is 45.1 Å². The standard InChI is InChI=1S/C19H27N2/c1-19(2)15-18(20-12-7-4-8-13-20)11-14-21(19)16-17-9-5-3-6-10-17/h3,5-6,9-11,14H,4,7-8,12-13,15-16H2,1-2H3/q+1. The Hall–Kier alpha value is -1.57. The van der Waals surface area contributed by atoms with Gasteiger partial charge in [-0.25, -0.2) is 4.58 Å². The van der Waals surface area contributed by atoms with Crippen molar-refractivity contribution >= 4 is 6.21 Å². The molecule has 2 aliphatic heterocycles. The van der Waals surface area contributed by atoms with Crippen LogP contribution in [0.3, 0.4) is 0 Å². The van der Waals surface area contributed by atoms with E-state index in [1.54, 1.807) is 0 Å². The Morgan fingerprint density at radius 3 is 2.43 bits per heavy atom. The van der Waals surface area contributed by atoms with Gasteiger partial charge in [-0.15, -0.1) is 0 Å². The van der Waals surface area contributed by atoms with E-state index in [0.29, 0.717) is 0 Å². The second kappa shape index (κ2) is 6.05. The average Bonchev–Trinajstić information content (AvgIpc) is 2.51. The van der Waals surface area contributed by atoms with Gasteiger partial charge in [0.05, 0.1) is 6.42 Å². The number of allylic oxidation sites excluding steroid dienone is 1. The zero-order valence-electron chi connectivity index (χ0n) is 13.4. The zero-order chi connectivity index (χ0) is 14.7. The normalized spacial score (nSPS) is 21.7. The first kappa shape index (κ1) is 14.4. The maximum Gasteiger partial charge on any atom is 0.168 e. The van der Waals surface area contributed by atoms with Crippen molar-refractivity contribution in [3.8, 4) is 0 Å². The van der Waals surface area contributed by atoms with E-state index in [1.807, 2.05) is 0 Å². The minimum atomic E-state index is 0.192. The highest BCUT2D eigenvalue weighted by Gasteiger charge is 2.35. The van der Waals surface area contributed by atoms with Gasteiger partial charge in [-0.1, -0.05) is 30.3 Å². The summed E-state index contributed by atoms with van der Waals surface area (Å²) < 4.78 is 2.48. The van der Waals surface area contributed by atoms with Crippen molar-refractivity contribution < 1.29 is 4.58 Å². The number of nitrogens with zero attached hydrogens (tertiary/aromatic N) is 2. The summed E-state index contributed by atoms with van der Waals surface area (Å²) in [6.07, 6.45) is 9.91. The van der Waals surface area contributed by atoms with Crippen LogP contribution >= 0.6 is 0 Å². The molecule has 0 aliphatic carbocycles. The largest absolute Gasteiger partial charge is 0.374 e. The van der Waals surface area contributed by atoms with Crippen molar-refractivity contribution in [1.82, 2.24) is 4.90 Å². The molecule has 2 heterocycles. The van der Waals surface area contributed by atoms with Crippen LogP contribution in [0.25, 0.3) is 0 Å². The smallest absolute Gasteiger partial charge is 0.168 e. The second-order valence-electron chi connectivity index (χ2n) is 6.96. The van der Waals surface area contributed by atoms with Gasteiger partial charge in [0.25, 0.3) is 0 Å². The minimum absolute atomic E-state index is 0.192. The third kappa shape index (κ3) is 3.37. The number of likely N-dealkylation sites (tertiary alicyclic amines) is 1. The molecule has 2 aliphatic rings. The number of hydrogen-bond acceptors (Lipinski definition) is 1. The van der Waals surface area contributed by atoms with E-state index in [4.69, 9.17) is 0 Å². The molecule has 0 saturated carbocycles. The number of benzene rings is 1. The van der Waals surface area contributed by atoms with Crippen LogP contribution in [0, 0.1) is 0 Å². The van der Waals surface area contributed by atoms with Crippen molar-refractivity contribution in [1.29, 1.82) is 0 Å². The molecule has 0 radical (unpaired) electrons. The van der Waals surface area contributed by atoms with E-state index in [2.05, 4.69) is 65.9 Å². The molecule has 2 nitrogen and oxygen atoms in total. The van der Waals surface area contributed by atoms with E-state index in [1.165, 1.54) is 43.6 Å². The Kier molecular flexibility index (Phi) is 4.14. The van der Waals surface area contributed by atoms with Crippen LogP contribution in [-0.4, -0.2) is 34.3 Å². The summed E-state index contributed by atoms with van der Waals surface area (Å²) in [7, 11) is 0. The minimum Gasteiger partial charge on any atom is -0.374 e. The molecule has 0 N–H and O–H groups in total. The summed E-state index contributed by atoms with van der Waals surface area (Å²) in [5, 5.41) is 0. The van der Waals surface area contributed by atoms with Crippen molar-refractivity contribution in [3.05, 3.63) is 47.7 Å². The van der Waals surface area contributed by atoms with E-state index < -0.39 is 0 Å². The Bertz CT molecular complexity index is 534. The van der Waals surface area contributed by atoms with Gasteiger partial charge in [-0.3, -0.25) is 0 Å². The average molecular weight is 283 g/mol. The first-order valence-electron chi connectivity index (χ1n) is 8.25. The molecule has 0 aromatic heterocycles. The van der Waals surface area contributed by atoms with Crippen molar-refractivity contribution in [2.45, 2.75) is 51.6 Å². The van der Waals surface area contributed by atoms with E-state index in [-0.39, 0.29) is 5.54 Å². The van der Waals surface area contributed by atoms with Crippen LogP contribution in [0.4, 0.5) is 0 Å². The molecule has 112 valence electrons. The molecule has 1 fully saturated rings. The molecule has 1 aromatic rings. The summed E-state index contributed by atoms with van der Waals surface area (Å²) in [5.41, 5.74) is 3.11. The van der Waals surface area contributed by atoms with Gasteiger partial charge in [0.2, 0.25) is 0 Å². The summed E-state index contributed by atoms with van der Waals surface area (Å²) in [6.45, 7) is 8.22. The number of piperidine rings is 1. The monoisotopic (exact) mass is 283 g/mol. The van der Waals surface area contributed by atoms with Gasteiger partial charge >= 0.3 is 0 Å². The van der Waals surface area contributed by atoms with Crippen LogP contribution in [0.2, 0.25) is 0 Å². The first-order valence-corrected chi connectivity index (χ1v) is 8.25. The number of rotatable bonds is 3. The molecule has 1 saturated heterocycles. The summed E-state index contributed by atoms with van der Waals surface area (Å²) in [5.74, 6) is 0. The SMILES string of the molecule is CC1(C)CC(N2CCCCC2)=CC=[N+]1Cc1ccccc1. The lowest BCUT2D eigenvalue weighted by atomic mass is 9.92. The maximum atomic E-state index is 2.60. The highest BCUT2D eigenvalue weighted by atomic mass is 15.2. The van der Waals surface area contributed by atoms with E-state index >= 15 is 0 Å². The highest BCUT2D eigenvalue weighted by Crippen LogP contribution is 2.28. The van der Waals surface area contributed by atoms with Gasteiger partial charge in [0.1, 0.15) is 0 Å². The number of hydrogen-bond donors (Lipinski definition) is 0. The lowest BCUT2D eigenvalue weighted by Gasteiger charge is -2.36. The molecule has 0 atom stereocenters. The van der Waals surface area contributed by atoms with Crippen molar-refractivity contribution in [2.75, 3.05) is 13.1 Å². The predicted molar refractivity (Wildman–Crippen MR) is 88.7 cm³/mol. The lowest BCUT2D eigenvalue weighted by Crippen LogP contribution is -2.43. The Morgan fingerprint density at radius 1 is 1.05 bits per heavy atom. The molecule has 0 spiro atoms. The van der Waals surface area contributed by atoms with Crippen LogP contribution in [0.15, 0.2) is 42.1 Å². The molecule has 21 heavy (non-hydrogen) atoms. The molecule has 0 amide bonds. The first-order chi connectivity index (χ1) is 10.1. The van der Waals surface area contributed by atoms with Gasteiger partial charge in [0.15, 0.2) is 18.3 Å². The fraction of sp³-hybridized carbons (Fsp3) is 0.526. The van der Waals surface area contributed by atoms with E-state index in [0.717, 1.165) is 13.0 Å². The van der Waals surface area contributed by atoms with Gasteiger partial charge < -0.3 is 4.90 Å². The molecular weight excluding hydrogens is 256 g/mol. The van der Waals surface area contributed by atoms with E-state index in [9.17, 15) is 0 Å². The molecule has 0 bridgehead atoms. The van der Waals surface area contributed by atoms with Gasteiger partial charge in [0, 0.05) is 44.3 Å². The topological polar surface area (TPSA) is 6.25 Å². The molecule has 2 heteroatoms. The predicted octanol–water partition coefficient (Wildman–Crippen LogP) is 3.82. The third-order valence-electron chi connectivity index (χ3n) is 4.80. The Labute approximate surface area is 128 Å². The van der Waals surface area contributed by atoms with Gasteiger partial charge in [-0.2, -0.15) is 0 Å². The fourth-order valence-electron chi connectivity index (χ4n) is 3.43. The second-order valence-corrected chi connectivity index (χ2v) is 6.96.